The van der Waals surface area contributed by atoms with Gasteiger partial charge in [0.15, 0.2) is 0 Å². The van der Waals surface area contributed by atoms with Crippen LogP contribution in [0.15, 0.2) is 30.3 Å². The lowest BCUT2D eigenvalue weighted by Crippen LogP contribution is -2.33. The molecule has 1 aliphatic rings. The van der Waals surface area contributed by atoms with E-state index < -0.39 is 0 Å². The lowest BCUT2D eigenvalue weighted by Gasteiger charge is -2.21. The van der Waals surface area contributed by atoms with Crippen LogP contribution in [0.4, 0.5) is 0 Å². The Bertz CT molecular complexity index is 409. The van der Waals surface area contributed by atoms with E-state index in [1.165, 1.54) is 37.7 Å². The molecule has 0 saturated heterocycles. The molecule has 0 aliphatic heterocycles. The van der Waals surface area contributed by atoms with E-state index in [-0.39, 0.29) is 11.9 Å². The second-order valence-electron chi connectivity index (χ2n) is 6.54. The quantitative estimate of drug-likeness (QED) is 0.787. The fraction of sp³-hybridized carbons (Fsp3) is 0.632. The maximum absolute atomic E-state index is 12.0. The zero-order chi connectivity index (χ0) is 14.9. The number of hydrogen-bond donors (Lipinski definition) is 1. The first-order valence-electron chi connectivity index (χ1n) is 8.57. The first-order chi connectivity index (χ1) is 10.2. The zero-order valence-corrected chi connectivity index (χ0v) is 13.3. The van der Waals surface area contributed by atoms with Crippen LogP contribution in [0.1, 0.15) is 63.9 Å². The van der Waals surface area contributed by atoms with Crippen LogP contribution in [-0.2, 0) is 11.2 Å². The summed E-state index contributed by atoms with van der Waals surface area (Å²) in [6.45, 7) is 2.11. The van der Waals surface area contributed by atoms with Crippen LogP contribution >= 0.6 is 0 Å². The summed E-state index contributed by atoms with van der Waals surface area (Å²) in [6.07, 6.45) is 10.6. The number of nitrogens with one attached hydrogen (secondary N) is 1. The summed E-state index contributed by atoms with van der Waals surface area (Å²) < 4.78 is 0. The van der Waals surface area contributed by atoms with E-state index >= 15 is 0 Å². The first kappa shape index (κ1) is 16.1. The van der Waals surface area contributed by atoms with Crippen molar-refractivity contribution in [3.8, 4) is 0 Å². The summed E-state index contributed by atoms with van der Waals surface area (Å²) in [5, 5.41) is 3.15. The second-order valence-corrected chi connectivity index (χ2v) is 6.54. The summed E-state index contributed by atoms with van der Waals surface area (Å²) in [4.78, 5) is 12.0. The van der Waals surface area contributed by atoms with Crippen molar-refractivity contribution in [2.75, 3.05) is 0 Å². The van der Waals surface area contributed by atoms with Gasteiger partial charge in [0.2, 0.25) is 5.91 Å². The highest BCUT2D eigenvalue weighted by Crippen LogP contribution is 2.27. The molecule has 21 heavy (non-hydrogen) atoms. The molecule has 0 spiro atoms. The molecule has 1 aliphatic carbocycles. The molecule has 1 aromatic rings. The Morgan fingerprint density at radius 1 is 1.19 bits per heavy atom. The lowest BCUT2D eigenvalue weighted by atomic mass is 9.86. The number of aryl methyl sites for hydroxylation is 1. The summed E-state index contributed by atoms with van der Waals surface area (Å²) >= 11 is 0. The number of rotatable bonds is 7. The summed E-state index contributed by atoms with van der Waals surface area (Å²) in [5.41, 5.74) is 1.35. The highest BCUT2D eigenvalue weighted by atomic mass is 16.1. The first-order valence-corrected chi connectivity index (χ1v) is 8.57. The number of carbonyl (C=O) groups is 1. The van der Waals surface area contributed by atoms with Gasteiger partial charge >= 0.3 is 0 Å². The fourth-order valence-electron chi connectivity index (χ4n) is 3.26. The molecule has 1 saturated carbocycles. The molecular formula is C19H29NO. The smallest absolute Gasteiger partial charge is 0.220 e. The predicted octanol–water partition coefficient (Wildman–Crippen LogP) is 4.48. The van der Waals surface area contributed by atoms with Crippen LogP contribution < -0.4 is 5.32 Å². The minimum Gasteiger partial charge on any atom is -0.354 e. The number of carbonyl (C=O) groups excluding carboxylic acids is 1. The van der Waals surface area contributed by atoms with Gasteiger partial charge in [-0.1, -0.05) is 62.4 Å². The molecule has 1 N–H and O–H groups in total. The highest BCUT2D eigenvalue weighted by Gasteiger charge is 2.15. The molecule has 1 aromatic carbocycles. The van der Waals surface area contributed by atoms with Crippen molar-refractivity contribution in [1.82, 2.24) is 5.32 Å². The van der Waals surface area contributed by atoms with Crippen LogP contribution in [0, 0.1) is 5.92 Å². The van der Waals surface area contributed by atoms with Gasteiger partial charge in [0.25, 0.3) is 0 Å². The zero-order valence-electron chi connectivity index (χ0n) is 13.3. The van der Waals surface area contributed by atoms with Gasteiger partial charge in [-0.3, -0.25) is 4.79 Å². The van der Waals surface area contributed by atoms with Gasteiger partial charge in [0.1, 0.15) is 0 Å². The van der Waals surface area contributed by atoms with Crippen molar-refractivity contribution in [2.45, 2.75) is 70.8 Å². The van der Waals surface area contributed by atoms with E-state index in [9.17, 15) is 4.79 Å². The Balaban J connectivity index is 1.60. The molecule has 2 heteroatoms. The molecule has 2 nitrogen and oxygen atoms in total. The number of benzene rings is 1. The van der Waals surface area contributed by atoms with Crippen LogP contribution in [-0.4, -0.2) is 11.9 Å². The van der Waals surface area contributed by atoms with Gasteiger partial charge in [-0.15, -0.1) is 0 Å². The van der Waals surface area contributed by atoms with Crippen molar-refractivity contribution in [1.29, 1.82) is 0 Å². The minimum absolute atomic E-state index is 0.237. The summed E-state index contributed by atoms with van der Waals surface area (Å²) in [5.74, 6) is 1.03. The van der Waals surface area contributed by atoms with Crippen molar-refractivity contribution in [3.63, 3.8) is 0 Å². The third-order valence-electron chi connectivity index (χ3n) is 4.62. The molecule has 0 radical (unpaired) electrons. The topological polar surface area (TPSA) is 29.1 Å². The van der Waals surface area contributed by atoms with Crippen molar-refractivity contribution >= 4 is 5.91 Å². The average molecular weight is 287 g/mol. The number of amides is 1. The normalized spacial score (nSPS) is 17.4. The SMILES string of the molecule is CC(CCc1ccccc1)NC(=O)CCC1CCCCC1. The van der Waals surface area contributed by atoms with E-state index in [2.05, 4.69) is 36.5 Å². The molecule has 1 atom stereocenters. The minimum atomic E-state index is 0.237. The maximum atomic E-state index is 12.0. The average Bonchev–Trinajstić information content (AvgIpc) is 2.53. The molecule has 0 aromatic heterocycles. The Morgan fingerprint density at radius 3 is 2.62 bits per heavy atom. The van der Waals surface area contributed by atoms with Crippen LogP contribution in [0.25, 0.3) is 0 Å². The predicted molar refractivity (Wildman–Crippen MR) is 88.2 cm³/mol. The molecule has 0 heterocycles. The van der Waals surface area contributed by atoms with Crippen molar-refractivity contribution < 1.29 is 4.79 Å². The third-order valence-corrected chi connectivity index (χ3v) is 4.62. The largest absolute Gasteiger partial charge is 0.354 e. The van der Waals surface area contributed by atoms with E-state index in [0.29, 0.717) is 6.42 Å². The molecule has 0 bridgehead atoms. The summed E-state index contributed by atoms with van der Waals surface area (Å²) in [7, 11) is 0. The Kier molecular flexibility index (Phi) is 6.78. The van der Waals surface area contributed by atoms with Crippen LogP contribution in [0.3, 0.4) is 0 Å². The van der Waals surface area contributed by atoms with Crippen LogP contribution in [0.2, 0.25) is 0 Å². The van der Waals surface area contributed by atoms with E-state index in [1.807, 2.05) is 6.07 Å². The van der Waals surface area contributed by atoms with Gasteiger partial charge in [-0.2, -0.15) is 0 Å². The standard InChI is InChI=1S/C19H29NO/c1-16(12-13-17-8-4-2-5-9-17)20-19(21)15-14-18-10-6-3-7-11-18/h2,4-5,8-9,16,18H,3,6-7,10-15H2,1H3,(H,20,21). The van der Waals surface area contributed by atoms with E-state index in [0.717, 1.165) is 25.2 Å². The number of hydrogen-bond acceptors (Lipinski definition) is 1. The van der Waals surface area contributed by atoms with Gasteiger partial charge < -0.3 is 5.32 Å². The van der Waals surface area contributed by atoms with Crippen molar-refractivity contribution in [3.05, 3.63) is 35.9 Å². The van der Waals surface area contributed by atoms with Crippen molar-refractivity contribution in [2.24, 2.45) is 5.92 Å². The Hall–Kier alpha value is -1.31. The second kappa shape index (κ2) is 8.86. The van der Waals surface area contributed by atoms with Gasteiger partial charge in [-0.25, -0.2) is 0 Å². The van der Waals surface area contributed by atoms with E-state index in [1.54, 1.807) is 0 Å². The van der Waals surface area contributed by atoms with Gasteiger partial charge in [0.05, 0.1) is 0 Å². The van der Waals surface area contributed by atoms with Crippen LogP contribution in [0.5, 0.6) is 0 Å². The maximum Gasteiger partial charge on any atom is 0.220 e. The summed E-state index contributed by atoms with van der Waals surface area (Å²) in [6, 6.07) is 10.8. The molecule has 2 rings (SSSR count). The third kappa shape index (κ3) is 6.33. The van der Waals surface area contributed by atoms with Gasteiger partial charge in [-0.05, 0) is 37.7 Å². The lowest BCUT2D eigenvalue weighted by molar-refractivity contribution is -0.122. The highest BCUT2D eigenvalue weighted by molar-refractivity contribution is 5.76. The molecule has 1 unspecified atom stereocenters. The Labute approximate surface area is 129 Å². The van der Waals surface area contributed by atoms with Gasteiger partial charge in [0, 0.05) is 12.5 Å². The van der Waals surface area contributed by atoms with E-state index in [4.69, 9.17) is 0 Å². The molecule has 116 valence electrons. The molecule has 1 amide bonds. The monoisotopic (exact) mass is 287 g/mol. The fourth-order valence-corrected chi connectivity index (χ4v) is 3.26. The molecular weight excluding hydrogens is 258 g/mol. The Morgan fingerprint density at radius 2 is 1.90 bits per heavy atom. The molecule has 1 fully saturated rings.